The highest BCUT2D eigenvalue weighted by Gasteiger charge is 2.30. The third-order valence-electron chi connectivity index (χ3n) is 5.75. The van der Waals surface area contributed by atoms with Crippen LogP contribution in [0.3, 0.4) is 0 Å². The maximum Gasteiger partial charge on any atom is 0.253 e. The number of amides is 2. The normalized spacial score (nSPS) is 15.5. The van der Waals surface area contributed by atoms with Crippen LogP contribution >= 0.6 is 0 Å². The zero-order valence-electron chi connectivity index (χ0n) is 18.1. The van der Waals surface area contributed by atoms with Gasteiger partial charge in [0, 0.05) is 44.8 Å². The van der Waals surface area contributed by atoms with Gasteiger partial charge in [-0.2, -0.15) is 0 Å². The molecule has 1 aliphatic rings. The SMILES string of the molecule is CCN(Cc1ccccc1)C(=O)C(C)N1CCN(C(=O)c2ccc(OC)cc2)CC1. The molecular formula is C24H31N3O3. The van der Waals surface area contributed by atoms with Crippen molar-refractivity contribution < 1.29 is 14.3 Å². The van der Waals surface area contributed by atoms with Crippen molar-refractivity contribution in [1.29, 1.82) is 0 Å². The van der Waals surface area contributed by atoms with E-state index in [0.29, 0.717) is 44.8 Å². The van der Waals surface area contributed by atoms with Gasteiger partial charge in [-0.25, -0.2) is 0 Å². The minimum absolute atomic E-state index is 0.0237. The molecule has 0 aromatic heterocycles. The molecule has 0 saturated carbocycles. The molecule has 6 heteroatoms. The topological polar surface area (TPSA) is 53.1 Å². The molecule has 2 amide bonds. The molecule has 1 aliphatic heterocycles. The van der Waals surface area contributed by atoms with Crippen molar-refractivity contribution in [2.45, 2.75) is 26.4 Å². The van der Waals surface area contributed by atoms with E-state index in [0.717, 1.165) is 11.3 Å². The Morgan fingerprint density at radius 1 is 1.00 bits per heavy atom. The van der Waals surface area contributed by atoms with Crippen LogP contribution in [0, 0.1) is 0 Å². The molecule has 0 aliphatic carbocycles. The lowest BCUT2D eigenvalue weighted by molar-refractivity contribution is -0.137. The molecule has 1 fully saturated rings. The molecule has 30 heavy (non-hydrogen) atoms. The quantitative estimate of drug-likeness (QED) is 0.706. The van der Waals surface area contributed by atoms with E-state index < -0.39 is 0 Å². The lowest BCUT2D eigenvalue weighted by Crippen LogP contribution is -2.55. The summed E-state index contributed by atoms with van der Waals surface area (Å²) >= 11 is 0. The molecule has 6 nitrogen and oxygen atoms in total. The summed E-state index contributed by atoms with van der Waals surface area (Å²) in [5.74, 6) is 0.895. The number of hydrogen-bond acceptors (Lipinski definition) is 4. The van der Waals surface area contributed by atoms with Crippen molar-refractivity contribution in [3.8, 4) is 5.75 Å². The predicted octanol–water partition coefficient (Wildman–Crippen LogP) is 2.89. The summed E-state index contributed by atoms with van der Waals surface area (Å²) in [7, 11) is 1.61. The molecule has 1 heterocycles. The van der Waals surface area contributed by atoms with Gasteiger partial charge in [0.15, 0.2) is 0 Å². The van der Waals surface area contributed by atoms with Gasteiger partial charge in [-0.1, -0.05) is 30.3 Å². The summed E-state index contributed by atoms with van der Waals surface area (Å²) in [6.45, 7) is 7.90. The number of nitrogens with zero attached hydrogens (tertiary/aromatic N) is 3. The zero-order valence-corrected chi connectivity index (χ0v) is 18.1. The molecular weight excluding hydrogens is 378 g/mol. The number of carbonyl (C=O) groups excluding carboxylic acids is 2. The van der Waals surface area contributed by atoms with Gasteiger partial charge in [0.2, 0.25) is 5.91 Å². The Labute approximate surface area is 179 Å². The molecule has 2 aromatic rings. The van der Waals surface area contributed by atoms with Crippen LogP contribution in [0.5, 0.6) is 5.75 Å². The Morgan fingerprint density at radius 2 is 1.63 bits per heavy atom. The first-order chi connectivity index (χ1) is 14.5. The molecule has 3 rings (SSSR count). The zero-order chi connectivity index (χ0) is 21.5. The number of ether oxygens (including phenoxy) is 1. The van der Waals surface area contributed by atoms with Gasteiger partial charge in [0.05, 0.1) is 13.2 Å². The van der Waals surface area contributed by atoms with E-state index in [1.165, 1.54) is 0 Å². The fourth-order valence-electron chi connectivity index (χ4n) is 3.80. The largest absolute Gasteiger partial charge is 0.497 e. The van der Waals surface area contributed by atoms with Crippen LogP contribution in [0.15, 0.2) is 54.6 Å². The Morgan fingerprint density at radius 3 is 2.20 bits per heavy atom. The molecule has 0 radical (unpaired) electrons. The van der Waals surface area contributed by atoms with Crippen LogP contribution < -0.4 is 4.74 Å². The van der Waals surface area contributed by atoms with Gasteiger partial charge in [-0.05, 0) is 43.7 Å². The summed E-state index contributed by atoms with van der Waals surface area (Å²) in [5.41, 5.74) is 1.79. The minimum Gasteiger partial charge on any atom is -0.497 e. The highest BCUT2D eigenvalue weighted by atomic mass is 16.5. The second-order valence-electron chi connectivity index (χ2n) is 7.57. The number of rotatable bonds is 7. The van der Waals surface area contributed by atoms with E-state index in [1.54, 1.807) is 31.4 Å². The van der Waals surface area contributed by atoms with Gasteiger partial charge >= 0.3 is 0 Å². The Balaban J connectivity index is 1.55. The summed E-state index contributed by atoms with van der Waals surface area (Å²) in [5, 5.41) is 0. The summed E-state index contributed by atoms with van der Waals surface area (Å²) in [4.78, 5) is 31.8. The monoisotopic (exact) mass is 409 g/mol. The lowest BCUT2D eigenvalue weighted by atomic mass is 10.1. The van der Waals surface area contributed by atoms with Crippen LogP contribution in [0.2, 0.25) is 0 Å². The minimum atomic E-state index is -0.202. The number of piperazine rings is 1. The molecule has 1 saturated heterocycles. The third-order valence-corrected chi connectivity index (χ3v) is 5.75. The standard InChI is InChI=1S/C24H31N3O3/c1-4-25(18-20-8-6-5-7-9-20)23(28)19(2)26-14-16-27(17-15-26)24(29)21-10-12-22(30-3)13-11-21/h5-13,19H,4,14-18H2,1-3H3. The Hall–Kier alpha value is -2.86. The molecule has 0 spiro atoms. The fourth-order valence-corrected chi connectivity index (χ4v) is 3.80. The highest BCUT2D eigenvalue weighted by Crippen LogP contribution is 2.16. The van der Waals surface area contributed by atoms with Crippen LogP contribution in [-0.4, -0.2) is 72.4 Å². The Kier molecular flexibility index (Phi) is 7.46. The molecule has 0 bridgehead atoms. The average Bonchev–Trinajstić information content (AvgIpc) is 2.82. The van der Waals surface area contributed by atoms with Crippen molar-refractivity contribution >= 4 is 11.8 Å². The van der Waals surface area contributed by atoms with Crippen LogP contribution in [0.4, 0.5) is 0 Å². The summed E-state index contributed by atoms with van der Waals surface area (Å²) in [6.07, 6.45) is 0. The van der Waals surface area contributed by atoms with Crippen LogP contribution in [0.25, 0.3) is 0 Å². The van der Waals surface area contributed by atoms with E-state index in [-0.39, 0.29) is 17.9 Å². The molecule has 0 N–H and O–H groups in total. The number of methoxy groups -OCH3 is 1. The van der Waals surface area contributed by atoms with Gasteiger partial charge in [-0.15, -0.1) is 0 Å². The maximum atomic E-state index is 13.1. The second-order valence-corrected chi connectivity index (χ2v) is 7.57. The highest BCUT2D eigenvalue weighted by molar-refractivity contribution is 5.94. The van der Waals surface area contributed by atoms with Gasteiger partial charge in [-0.3, -0.25) is 14.5 Å². The van der Waals surface area contributed by atoms with E-state index >= 15 is 0 Å². The first kappa shape index (κ1) is 21.8. The smallest absolute Gasteiger partial charge is 0.253 e. The third kappa shape index (κ3) is 5.19. The number of likely N-dealkylation sites (N-methyl/N-ethyl adjacent to an activating group) is 1. The van der Waals surface area contributed by atoms with E-state index in [1.807, 2.05) is 54.0 Å². The molecule has 2 aromatic carbocycles. The maximum absolute atomic E-state index is 13.1. The first-order valence-corrected chi connectivity index (χ1v) is 10.5. The van der Waals surface area contributed by atoms with Crippen molar-refractivity contribution in [1.82, 2.24) is 14.7 Å². The second kappa shape index (κ2) is 10.3. The molecule has 1 unspecified atom stereocenters. The number of carbonyl (C=O) groups is 2. The van der Waals surface area contributed by atoms with Crippen molar-refractivity contribution in [2.75, 3.05) is 39.8 Å². The average molecular weight is 410 g/mol. The first-order valence-electron chi connectivity index (χ1n) is 10.5. The Bertz CT molecular complexity index is 831. The van der Waals surface area contributed by atoms with Crippen LogP contribution in [0.1, 0.15) is 29.8 Å². The lowest BCUT2D eigenvalue weighted by Gasteiger charge is -2.39. The van der Waals surface area contributed by atoms with E-state index in [9.17, 15) is 9.59 Å². The van der Waals surface area contributed by atoms with Crippen molar-refractivity contribution in [2.24, 2.45) is 0 Å². The van der Waals surface area contributed by atoms with Gasteiger partial charge in [0.1, 0.15) is 5.75 Å². The number of hydrogen-bond donors (Lipinski definition) is 0. The number of benzene rings is 2. The van der Waals surface area contributed by atoms with Crippen molar-refractivity contribution in [3.05, 3.63) is 65.7 Å². The van der Waals surface area contributed by atoms with Crippen molar-refractivity contribution in [3.63, 3.8) is 0 Å². The fraction of sp³-hybridized carbons (Fsp3) is 0.417. The van der Waals surface area contributed by atoms with E-state index in [4.69, 9.17) is 4.74 Å². The van der Waals surface area contributed by atoms with E-state index in [2.05, 4.69) is 4.90 Å². The molecule has 160 valence electrons. The van der Waals surface area contributed by atoms with Gasteiger partial charge < -0.3 is 14.5 Å². The predicted molar refractivity (Wildman–Crippen MR) is 117 cm³/mol. The molecule has 1 atom stereocenters. The summed E-state index contributed by atoms with van der Waals surface area (Å²) in [6, 6.07) is 17.1. The van der Waals surface area contributed by atoms with Crippen LogP contribution in [-0.2, 0) is 11.3 Å². The van der Waals surface area contributed by atoms with Gasteiger partial charge in [0.25, 0.3) is 5.91 Å². The summed E-state index contributed by atoms with van der Waals surface area (Å²) < 4.78 is 5.16.